The van der Waals surface area contributed by atoms with Gasteiger partial charge in [0, 0.05) is 40.4 Å². The molecule has 2 rings (SSSR count). The molecule has 138 valence electrons. The Morgan fingerprint density at radius 3 is 2.64 bits per heavy atom. The minimum Gasteiger partial charge on any atom is -0.385 e. The van der Waals surface area contributed by atoms with Gasteiger partial charge in [0.2, 0.25) is 0 Å². The minimum absolute atomic E-state index is 0.843. The van der Waals surface area contributed by atoms with Crippen molar-refractivity contribution in [2.45, 2.75) is 39.2 Å². The van der Waals surface area contributed by atoms with Crippen LogP contribution in [0.1, 0.15) is 31.5 Å². The number of benzene rings is 1. The Hall–Kier alpha value is -2.08. The third-order valence-electron chi connectivity index (χ3n) is 4.24. The average molecular weight is 345 g/mol. The van der Waals surface area contributed by atoms with Gasteiger partial charge in [-0.3, -0.25) is 4.99 Å². The molecule has 0 fully saturated rings. The Labute approximate surface area is 150 Å². The van der Waals surface area contributed by atoms with Crippen molar-refractivity contribution in [2.75, 3.05) is 33.9 Å². The molecule has 0 unspecified atom stereocenters. The zero-order chi connectivity index (χ0) is 17.9. The van der Waals surface area contributed by atoms with Crippen LogP contribution in [-0.4, -0.2) is 49.4 Å². The van der Waals surface area contributed by atoms with Crippen molar-refractivity contribution in [1.29, 1.82) is 0 Å². The Bertz CT molecular complexity index is 665. The number of hydrogen-bond acceptors (Lipinski definition) is 3. The fraction of sp³-hybridized carbons (Fsp3) is 0.579. The van der Waals surface area contributed by atoms with E-state index in [4.69, 9.17) is 4.74 Å². The monoisotopic (exact) mass is 345 g/mol. The van der Waals surface area contributed by atoms with Crippen molar-refractivity contribution in [3.8, 4) is 0 Å². The van der Waals surface area contributed by atoms with Crippen molar-refractivity contribution in [3.05, 3.63) is 30.1 Å². The largest absolute Gasteiger partial charge is 0.385 e. The second-order valence-corrected chi connectivity index (χ2v) is 6.13. The number of guanidine groups is 1. The molecule has 0 aliphatic carbocycles. The van der Waals surface area contributed by atoms with Crippen molar-refractivity contribution in [3.63, 3.8) is 0 Å². The fourth-order valence-electron chi connectivity index (χ4n) is 2.90. The summed E-state index contributed by atoms with van der Waals surface area (Å²) in [5.74, 6) is 1.94. The van der Waals surface area contributed by atoms with Gasteiger partial charge in [-0.15, -0.1) is 0 Å². The number of rotatable bonds is 10. The molecule has 0 saturated carbocycles. The molecule has 0 atom stereocenters. The molecule has 2 aromatic rings. The summed E-state index contributed by atoms with van der Waals surface area (Å²) in [7, 11) is 3.56. The second kappa shape index (κ2) is 10.7. The first-order valence-corrected chi connectivity index (χ1v) is 9.11. The van der Waals surface area contributed by atoms with Crippen molar-refractivity contribution in [2.24, 2.45) is 4.99 Å². The molecule has 25 heavy (non-hydrogen) atoms. The van der Waals surface area contributed by atoms with Crippen LogP contribution in [0.5, 0.6) is 0 Å². The zero-order valence-electron chi connectivity index (χ0n) is 15.7. The summed E-state index contributed by atoms with van der Waals surface area (Å²) in [5, 5.41) is 6.74. The van der Waals surface area contributed by atoms with Gasteiger partial charge in [0.25, 0.3) is 0 Å². The number of aliphatic imine (C=N–C) groups is 1. The van der Waals surface area contributed by atoms with Gasteiger partial charge in [-0.1, -0.05) is 12.1 Å². The van der Waals surface area contributed by atoms with E-state index in [0.29, 0.717) is 0 Å². The van der Waals surface area contributed by atoms with E-state index in [1.807, 2.05) is 13.1 Å². The van der Waals surface area contributed by atoms with E-state index < -0.39 is 0 Å². The topological polar surface area (TPSA) is 63.5 Å². The maximum Gasteiger partial charge on any atom is 0.190 e. The first-order valence-electron chi connectivity index (χ1n) is 9.11. The Morgan fingerprint density at radius 1 is 1.12 bits per heavy atom. The lowest BCUT2D eigenvalue weighted by molar-refractivity contribution is 0.192. The van der Waals surface area contributed by atoms with Crippen LogP contribution in [0.4, 0.5) is 0 Å². The van der Waals surface area contributed by atoms with Gasteiger partial charge in [-0.2, -0.15) is 0 Å². The molecule has 0 bridgehead atoms. The SMILES string of the molecule is CN=C(NCCCCCOC)NCCCn1c(C)nc2ccccc21. The number of para-hydroxylation sites is 2. The molecular weight excluding hydrogens is 314 g/mol. The number of fused-ring (bicyclic) bond motifs is 1. The lowest BCUT2D eigenvalue weighted by Crippen LogP contribution is -2.38. The van der Waals surface area contributed by atoms with Gasteiger partial charge >= 0.3 is 0 Å². The highest BCUT2D eigenvalue weighted by molar-refractivity contribution is 5.79. The Morgan fingerprint density at radius 2 is 1.88 bits per heavy atom. The maximum atomic E-state index is 5.06. The van der Waals surface area contributed by atoms with E-state index in [1.165, 1.54) is 11.9 Å². The van der Waals surface area contributed by atoms with Crippen LogP contribution < -0.4 is 10.6 Å². The van der Waals surface area contributed by atoms with Crippen LogP contribution in [0.15, 0.2) is 29.3 Å². The molecule has 0 aliphatic rings. The molecule has 0 radical (unpaired) electrons. The average Bonchev–Trinajstić information content (AvgIpc) is 2.95. The predicted molar refractivity (Wildman–Crippen MR) is 104 cm³/mol. The first kappa shape index (κ1) is 19.2. The van der Waals surface area contributed by atoms with Crippen LogP contribution in [0.3, 0.4) is 0 Å². The highest BCUT2D eigenvalue weighted by Gasteiger charge is 2.06. The number of ether oxygens (including phenoxy) is 1. The fourth-order valence-corrected chi connectivity index (χ4v) is 2.90. The number of unbranched alkanes of at least 4 members (excludes halogenated alkanes) is 2. The van der Waals surface area contributed by atoms with E-state index in [0.717, 1.165) is 62.8 Å². The quantitative estimate of drug-likeness (QED) is 0.395. The number of imidazole rings is 1. The molecule has 1 aromatic heterocycles. The van der Waals surface area contributed by atoms with E-state index >= 15 is 0 Å². The van der Waals surface area contributed by atoms with Crippen LogP contribution in [0.25, 0.3) is 11.0 Å². The Kier molecular flexibility index (Phi) is 8.25. The lowest BCUT2D eigenvalue weighted by atomic mass is 10.2. The second-order valence-electron chi connectivity index (χ2n) is 6.13. The third kappa shape index (κ3) is 6.05. The van der Waals surface area contributed by atoms with Gasteiger partial charge < -0.3 is 19.9 Å². The molecule has 1 aromatic carbocycles. The molecule has 0 amide bonds. The van der Waals surface area contributed by atoms with Crippen molar-refractivity contribution in [1.82, 2.24) is 20.2 Å². The van der Waals surface area contributed by atoms with Crippen LogP contribution >= 0.6 is 0 Å². The molecule has 6 nitrogen and oxygen atoms in total. The normalized spacial score (nSPS) is 11.9. The van der Waals surface area contributed by atoms with E-state index in [1.54, 1.807) is 7.11 Å². The number of aryl methyl sites for hydroxylation is 2. The lowest BCUT2D eigenvalue weighted by Gasteiger charge is -2.12. The van der Waals surface area contributed by atoms with Crippen molar-refractivity contribution < 1.29 is 4.74 Å². The van der Waals surface area contributed by atoms with E-state index in [-0.39, 0.29) is 0 Å². The summed E-state index contributed by atoms with van der Waals surface area (Å²) in [6, 6.07) is 8.30. The molecule has 2 N–H and O–H groups in total. The maximum absolute atomic E-state index is 5.06. The van der Waals surface area contributed by atoms with E-state index in [9.17, 15) is 0 Å². The highest BCUT2D eigenvalue weighted by atomic mass is 16.5. The summed E-state index contributed by atoms with van der Waals surface area (Å²) in [6.07, 6.45) is 4.44. The van der Waals surface area contributed by atoms with Gasteiger partial charge in [0.15, 0.2) is 5.96 Å². The minimum atomic E-state index is 0.843. The third-order valence-corrected chi connectivity index (χ3v) is 4.24. The molecular formula is C19H31N5O. The number of nitrogens with zero attached hydrogens (tertiary/aromatic N) is 3. The standard InChI is InChI=1S/C19H31N5O/c1-16-23-17-10-5-6-11-18(17)24(16)14-9-13-22-19(20-2)21-12-7-4-8-15-25-3/h5-6,10-11H,4,7-9,12-15H2,1-3H3,(H2,20,21,22). The highest BCUT2D eigenvalue weighted by Crippen LogP contribution is 2.15. The van der Waals surface area contributed by atoms with E-state index in [2.05, 4.69) is 50.3 Å². The summed E-state index contributed by atoms with van der Waals surface area (Å²) < 4.78 is 7.34. The zero-order valence-corrected chi connectivity index (χ0v) is 15.7. The summed E-state index contributed by atoms with van der Waals surface area (Å²) in [6.45, 7) is 5.68. The van der Waals surface area contributed by atoms with Gasteiger partial charge in [-0.05, 0) is 44.7 Å². The smallest absolute Gasteiger partial charge is 0.190 e. The summed E-state index contributed by atoms with van der Waals surface area (Å²) in [4.78, 5) is 8.89. The van der Waals surface area contributed by atoms with Crippen molar-refractivity contribution >= 4 is 17.0 Å². The van der Waals surface area contributed by atoms with Gasteiger partial charge in [0.1, 0.15) is 5.82 Å². The van der Waals surface area contributed by atoms with Gasteiger partial charge in [0.05, 0.1) is 11.0 Å². The number of methoxy groups -OCH3 is 1. The first-order chi connectivity index (χ1) is 12.3. The summed E-state index contributed by atoms with van der Waals surface area (Å²) >= 11 is 0. The number of nitrogens with one attached hydrogen (secondary N) is 2. The molecule has 0 saturated heterocycles. The Balaban J connectivity index is 1.68. The molecule has 1 heterocycles. The number of aromatic nitrogens is 2. The van der Waals surface area contributed by atoms with Crippen LogP contribution in [0.2, 0.25) is 0 Å². The van der Waals surface area contributed by atoms with Crippen LogP contribution in [-0.2, 0) is 11.3 Å². The van der Waals surface area contributed by atoms with Crippen LogP contribution in [0, 0.1) is 6.92 Å². The summed E-state index contributed by atoms with van der Waals surface area (Å²) in [5.41, 5.74) is 2.28. The molecule has 0 aliphatic heterocycles. The molecule has 6 heteroatoms. The number of hydrogen-bond donors (Lipinski definition) is 2. The molecule has 0 spiro atoms. The van der Waals surface area contributed by atoms with Gasteiger partial charge in [-0.25, -0.2) is 4.98 Å². The predicted octanol–water partition coefficient (Wildman–Crippen LogP) is 2.72.